The fourth-order valence-electron chi connectivity index (χ4n) is 2.76. The second-order valence-corrected chi connectivity index (χ2v) is 7.80. The van der Waals surface area contributed by atoms with Crippen LogP contribution in [0.15, 0.2) is 18.3 Å². The van der Waals surface area contributed by atoms with E-state index in [0.29, 0.717) is 48.1 Å². The van der Waals surface area contributed by atoms with E-state index in [1.807, 2.05) is 4.90 Å². The SMILES string of the molecule is CC1(NC(=O)OP(=O)(O)O)CCN(c2cnc3nc(Cl)ccc3n2)CC1.[KH]. The number of hydrogen-bond acceptors (Lipinski definition) is 7. The number of carbonyl (C=O) groups is 1. The van der Waals surface area contributed by atoms with Crippen LogP contribution in [0.3, 0.4) is 0 Å². The monoisotopic (exact) mass is 441 g/mol. The minimum atomic E-state index is -4.86. The Morgan fingerprint density at radius 2 is 2.00 bits per heavy atom. The van der Waals surface area contributed by atoms with E-state index in [0.717, 1.165) is 0 Å². The molecule has 13 heteroatoms. The van der Waals surface area contributed by atoms with Crippen LogP contribution in [-0.4, -0.2) is 101 Å². The van der Waals surface area contributed by atoms with Crippen molar-refractivity contribution in [3.8, 4) is 0 Å². The number of pyridine rings is 1. The van der Waals surface area contributed by atoms with Crippen molar-refractivity contribution in [1.29, 1.82) is 0 Å². The third-order valence-corrected chi connectivity index (χ3v) is 4.77. The van der Waals surface area contributed by atoms with E-state index in [1.165, 1.54) is 0 Å². The van der Waals surface area contributed by atoms with Crippen LogP contribution in [0, 0.1) is 0 Å². The minimum absolute atomic E-state index is 0. The van der Waals surface area contributed by atoms with Crippen molar-refractivity contribution in [2.75, 3.05) is 18.0 Å². The van der Waals surface area contributed by atoms with E-state index in [1.54, 1.807) is 25.3 Å². The molecule has 0 unspecified atom stereocenters. The van der Waals surface area contributed by atoms with Gasteiger partial charge in [-0.15, -0.1) is 0 Å². The zero-order valence-corrected chi connectivity index (χ0v) is 15.4. The Morgan fingerprint density at radius 1 is 1.33 bits per heavy atom. The molecule has 1 saturated heterocycles. The Labute approximate surface area is 202 Å². The molecule has 0 saturated carbocycles. The van der Waals surface area contributed by atoms with Crippen molar-refractivity contribution < 1.29 is 23.7 Å². The molecule has 2 aromatic heterocycles. The first kappa shape index (κ1) is 22.9. The first-order valence-corrected chi connectivity index (χ1v) is 9.66. The van der Waals surface area contributed by atoms with Crippen molar-refractivity contribution in [3.63, 3.8) is 0 Å². The van der Waals surface area contributed by atoms with E-state index < -0.39 is 19.5 Å². The standard InChI is InChI=1S/C14H17ClN5O5P.K.H/c1-14(19-13(21)25-26(22,23)24)4-6-20(7-5-14)11-8-16-12-9(17-11)2-3-10(15)18-12;;/h2-3,8H,4-7H2,1H3,(H,19,21)(H2,22,23,24);;. The molecule has 1 aliphatic heterocycles. The molecule has 0 spiro atoms. The number of hydrogen-bond donors (Lipinski definition) is 3. The van der Waals surface area contributed by atoms with Gasteiger partial charge in [0.2, 0.25) is 0 Å². The third kappa shape index (κ3) is 6.31. The van der Waals surface area contributed by atoms with Crippen LogP contribution < -0.4 is 10.2 Å². The van der Waals surface area contributed by atoms with Gasteiger partial charge in [-0.05, 0) is 31.9 Å². The summed E-state index contributed by atoms with van der Waals surface area (Å²) >= 11 is 5.84. The van der Waals surface area contributed by atoms with Crippen molar-refractivity contribution in [2.45, 2.75) is 25.3 Å². The summed E-state index contributed by atoms with van der Waals surface area (Å²) in [6.07, 6.45) is 1.57. The molecule has 0 radical (unpaired) electrons. The molecule has 2 aromatic rings. The van der Waals surface area contributed by atoms with Gasteiger partial charge in [0.25, 0.3) is 0 Å². The zero-order chi connectivity index (χ0) is 18.9. The summed E-state index contributed by atoms with van der Waals surface area (Å²) < 4.78 is 14.8. The molecule has 1 fully saturated rings. The zero-order valence-electron chi connectivity index (χ0n) is 13.8. The van der Waals surface area contributed by atoms with E-state index in [2.05, 4.69) is 24.8 Å². The predicted molar refractivity (Wildman–Crippen MR) is 101 cm³/mol. The molecule has 1 aliphatic rings. The number of phosphoric ester groups is 1. The van der Waals surface area contributed by atoms with Gasteiger partial charge < -0.3 is 14.7 Å². The first-order chi connectivity index (χ1) is 12.1. The third-order valence-electron chi connectivity index (χ3n) is 4.15. The second kappa shape index (κ2) is 8.98. The van der Waals surface area contributed by atoms with Gasteiger partial charge >= 0.3 is 65.3 Å². The number of fused-ring (bicyclic) bond motifs is 1. The number of phosphoric acid groups is 1. The first-order valence-electron chi connectivity index (χ1n) is 7.75. The molecular formula is C14H18ClKN5O5P. The molecule has 0 aromatic carbocycles. The van der Waals surface area contributed by atoms with Crippen molar-refractivity contribution in [2.24, 2.45) is 0 Å². The molecule has 1 amide bonds. The van der Waals surface area contributed by atoms with Gasteiger partial charge in [0.05, 0.1) is 6.20 Å². The van der Waals surface area contributed by atoms with Crippen LogP contribution >= 0.6 is 19.4 Å². The van der Waals surface area contributed by atoms with Crippen LogP contribution in [-0.2, 0) is 9.09 Å². The van der Waals surface area contributed by atoms with Crippen LogP contribution in [0.1, 0.15) is 19.8 Å². The molecule has 3 N–H and O–H groups in total. The average Bonchev–Trinajstić information content (AvgIpc) is 2.53. The summed E-state index contributed by atoms with van der Waals surface area (Å²) in [6.45, 7) is 2.95. The molecule has 142 valence electrons. The normalized spacial score (nSPS) is 16.5. The maximum atomic E-state index is 11.6. The topological polar surface area (TPSA) is 138 Å². The fraction of sp³-hybridized carbons (Fsp3) is 0.429. The van der Waals surface area contributed by atoms with Gasteiger partial charge in [-0.2, -0.15) is 0 Å². The van der Waals surface area contributed by atoms with E-state index in [-0.39, 0.29) is 51.4 Å². The summed E-state index contributed by atoms with van der Waals surface area (Å²) in [5.41, 5.74) is 0.454. The average molecular weight is 442 g/mol. The molecule has 3 rings (SSSR count). The van der Waals surface area contributed by atoms with Gasteiger partial charge in [0.15, 0.2) is 5.65 Å². The van der Waals surface area contributed by atoms with E-state index in [4.69, 9.17) is 21.4 Å². The van der Waals surface area contributed by atoms with Gasteiger partial charge in [0.1, 0.15) is 16.5 Å². The van der Waals surface area contributed by atoms with Gasteiger partial charge in [-0.25, -0.2) is 24.3 Å². The summed E-state index contributed by atoms with van der Waals surface area (Å²) in [5.74, 6) is 0.682. The maximum absolute atomic E-state index is 11.6. The Balaban J connectivity index is 0.00000261. The fourth-order valence-corrected chi connectivity index (χ4v) is 3.16. The Morgan fingerprint density at radius 3 is 2.63 bits per heavy atom. The number of anilines is 1. The van der Waals surface area contributed by atoms with Gasteiger partial charge in [0, 0.05) is 18.6 Å². The van der Waals surface area contributed by atoms with Crippen molar-refractivity contribution in [3.05, 3.63) is 23.5 Å². The summed E-state index contributed by atoms with van der Waals surface area (Å²) in [6, 6.07) is 3.39. The number of piperidine rings is 1. The molecule has 0 bridgehead atoms. The molecule has 10 nitrogen and oxygen atoms in total. The molecule has 27 heavy (non-hydrogen) atoms. The molecule has 3 heterocycles. The summed E-state index contributed by atoms with van der Waals surface area (Å²) in [7, 11) is -4.86. The van der Waals surface area contributed by atoms with E-state index >= 15 is 0 Å². The van der Waals surface area contributed by atoms with Gasteiger partial charge in [-0.3, -0.25) is 9.79 Å². The Bertz CT molecular complexity index is 889. The predicted octanol–water partition coefficient (Wildman–Crippen LogP) is 1.21. The molecule has 0 atom stereocenters. The Hall–Kier alpha value is -0.364. The quantitative estimate of drug-likeness (QED) is 0.364. The van der Waals surface area contributed by atoms with Crippen LogP contribution in [0.25, 0.3) is 11.2 Å². The number of rotatable bonds is 3. The van der Waals surface area contributed by atoms with Crippen LogP contribution in [0.2, 0.25) is 5.15 Å². The van der Waals surface area contributed by atoms with Crippen molar-refractivity contribution in [1.82, 2.24) is 20.3 Å². The number of nitrogens with one attached hydrogen (secondary N) is 1. The Kier molecular flexibility index (Phi) is 7.62. The second-order valence-electron chi connectivity index (χ2n) is 6.25. The summed E-state index contributed by atoms with van der Waals surface area (Å²) in [5, 5.41) is 2.87. The number of amides is 1. The summed E-state index contributed by atoms with van der Waals surface area (Å²) in [4.78, 5) is 43.9. The number of carbonyl (C=O) groups excluding carboxylic acids is 1. The van der Waals surface area contributed by atoms with Crippen LogP contribution in [0.5, 0.6) is 0 Å². The van der Waals surface area contributed by atoms with Crippen molar-refractivity contribution >= 4 is 93.9 Å². The number of aromatic nitrogens is 3. The number of halogens is 1. The van der Waals surface area contributed by atoms with Crippen LogP contribution in [0.4, 0.5) is 10.6 Å². The molecular weight excluding hydrogens is 424 g/mol. The molecule has 0 aliphatic carbocycles. The van der Waals surface area contributed by atoms with Gasteiger partial charge in [-0.1, -0.05) is 11.6 Å². The van der Waals surface area contributed by atoms with E-state index in [9.17, 15) is 9.36 Å². The number of nitrogens with zero attached hydrogens (tertiary/aromatic N) is 4.